The molecule has 0 aliphatic rings. The number of nitrogens with zero attached hydrogens (tertiary/aromatic N) is 2. The summed E-state index contributed by atoms with van der Waals surface area (Å²) in [5, 5.41) is 24.5. The minimum Gasteiger partial charge on any atom is -0.376 e. The lowest BCUT2D eigenvalue weighted by Gasteiger charge is -2.30. The first-order chi connectivity index (χ1) is 10.6. The van der Waals surface area contributed by atoms with Crippen LogP contribution in [0, 0.1) is 24.0 Å². The fraction of sp³-hybridized carbons (Fsp3) is 0.357. The van der Waals surface area contributed by atoms with E-state index in [4.69, 9.17) is 0 Å². The lowest BCUT2D eigenvalue weighted by Crippen LogP contribution is -2.44. The summed E-state index contributed by atoms with van der Waals surface area (Å²) < 4.78 is 44.9. The SMILES string of the molecule is Cc1ccc([C@](O)(Cc2onc(C)c2[N+](=O)[O-])C(F)(F)F)cc1. The van der Waals surface area contributed by atoms with Gasteiger partial charge in [0, 0.05) is 0 Å². The Bertz CT molecular complexity index is 725. The molecule has 9 heteroatoms. The molecule has 1 heterocycles. The number of rotatable bonds is 4. The highest BCUT2D eigenvalue weighted by Gasteiger charge is 2.56. The van der Waals surface area contributed by atoms with Crippen LogP contribution in [0.5, 0.6) is 0 Å². The van der Waals surface area contributed by atoms with Gasteiger partial charge in [-0.3, -0.25) is 10.1 Å². The van der Waals surface area contributed by atoms with Crippen LogP contribution in [-0.2, 0) is 12.0 Å². The molecule has 0 amide bonds. The molecule has 1 aromatic heterocycles. The van der Waals surface area contributed by atoms with Gasteiger partial charge in [-0.1, -0.05) is 35.0 Å². The molecule has 0 unspecified atom stereocenters. The Morgan fingerprint density at radius 2 is 1.83 bits per heavy atom. The van der Waals surface area contributed by atoms with Crippen LogP contribution >= 0.6 is 0 Å². The highest BCUT2D eigenvalue weighted by atomic mass is 19.4. The number of hydrogen-bond acceptors (Lipinski definition) is 5. The summed E-state index contributed by atoms with van der Waals surface area (Å²) in [5.74, 6) is -0.632. The largest absolute Gasteiger partial charge is 0.421 e. The van der Waals surface area contributed by atoms with Gasteiger partial charge < -0.3 is 9.63 Å². The van der Waals surface area contributed by atoms with Gasteiger partial charge in [0.15, 0.2) is 11.3 Å². The Kier molecular flexibility index (Phi) is 4.16. The maximum absolute atomic E-state index is 13.4. The quantitative estimate of drug-likeness (QED) is 0.687. The highest BCUT2D eigenvalue weighted by Crippen LogP contribution is 2.43. The molecule has 1 N–H and O–H groups in total. The maximum atomic E-state index is 13.4. The average Bonchev–Trinajstić information content (AvgIpc) is 2.79. The van der Waals surface area contributed by atoms with Gasteiger partial charge in [0.25, 0.3) is 0 Å². The molecule has 124 valence electrons. The van der Waals surface area contributed by atoms with Gasteiger partial charge in [0.05, 0.1) is 11.3 Å². The number of halogens is 3. The van der Waals surface area contributed by atoms with E-state index in [-0.39, 0.29) is 5.69 Å². The van der Waals surface area contributed by atoms with E-state index in [9.17, 15) is 28.4 Å². The van der Waals surface area contributed by atoms with Gasteiger partial charge in [0.2, 0.25) is 5.76 Å². The van der Waals surface area contributed by atoms with Gasteiger partial charge in [-0.05, 0) is 19.4 Å². The predicted octanol–water partition coefficient (Wildman–Crippen LogP) is 3.19. The van der Waals surface area contributed by atoms with Crippen LogP contribution in [-0.4, -0.2) is 21.4 Å². The predicted molar refractivity (Wildman–Crippen MR) is 72.7 cm³/mol. The van der Waals surface area contributed by atoms with Gasteiger partial charge >= 0.3 is 11.9 Å². The van der Waals surface area contributed by atoms with Crippen molar-refractivity contribution in [2.45, 2.75) is 32.0 Å². The van der Waals surface area contributed by atoms with Crippen LogP contribution in [0.4, 0.5) is 18.9 Å². The summed E-state index contributed by atoms with van der Waals surface area (Å²) in [6, 6.07) is 5.06. The van der Waals surface area contributed by atoms with E-state index in [0.29, 0.717) is 5.56 Å². The van der Waals surface area contributed by atoms with Gasteiger partial charge in [0.1, 0.15) is 0 Å². The molecule has 0 fully saturated rings. The molecule has 0 spiro atoms. The number of aryl methyl sites for hydroxylation is 2. The molecule has 2 rings (SSSR count). The van der Waals surface area contributed by atoms with E-state index in [1.165, 1.54) is 19.1 Å². The molecule has 2 aromatic rings. The maximum Gasteiger partial charge on any atom is 0.421 e. The molecule has 0 aliphatic heterocycles. The zero-order chi connectivity index (χ0) is 17.4. The second-order valence-corrected chi connectivity index (χ2v) is 5.20. The van der Waals surface area contributed by atoms with Crippen molar-refractivity contribution in [3.63, 3.8) is 0 Å². The molecule has 0 saturated carbocycles. The Morgan fingerprint density at radius 3 is 2.30 bits per heavy atom. The zero-order valence-corrected chi connectivity index (χ0v) is 12.2. The van der Waals surface area contributed by atoms with Gasteiger partial charge in [-0.15, -0.1) is 0 Å². The van der Waals surface area contributed by atoms with Crippen molar-refractivity contribution in [1.29, 1.82) is 0 Å². The fourth-order valence-electron chi connectivity index (χ4n) is 2.19. The summed E-state index contributed by atoms with van der Waals surface area (Å²) in [5.41, 5.74) is -3.87. The first-order valence-corrected chi connectivity index (χ1v) is 6.52. The van der Waals surface area contributed by atoms with Crippen molar-refractivity contribution in [2.24, 2.45) is 0 Å². The van der Waals surface area contributed by atoms with Crippen molar-refractivity contribution < 1.29 is 27.7 Å². The topological polar surface area (TPSA) is 89.4 Å². The van der Waals surface area contributed by atoms with Crippen LogP contribution in [0.1, 0.15) is 22.6 Å². The number of benzene rings is 1. The summed E-state index contributed by atoms with van der Waals surface area (Å²) in [6.45, 7) is 2.92. The van der Waals surface area contributed by atoms with Crippen LogP contribution in [0.25, 0.3) is 0 Å². The van der Waals surface area contributed by atoms with Crippen molar-refractivity contribution in [2.75, 3.05) is 0 Å². The van der Waals surface area contributed by atoms with E-state index in [1.54, 1.807) is 6.92 Å². The average molecular weight is 330 g/mol. The minimum absolute atomic E-state index is 0.154. The standard InChI is InChI=1S/C14H13F3N2O4/c1-8-3-5-10(6-4-8)13(20,14(15,16)17)7-11-12(19(21)22)9(2)18-23-11/h3-6,20H,7H2,1-2H3/t13-/m1/s1. The van der Waals surface area contributed by atoms with E-state index in [2.05, 4.69) is 9.68 Å². The Balaban J connectivity index is 2.53. The molecule has 0 bridgehead atoms. The van der Waals surface area contributed by atoms with Crippen molar-refractivity contribution in [1.82, 2.24) is 5.16 Å². The third kappa shape index (κ3) is 3.04. The summed E-state index contributed by atoms with van der Waals surface area (Å²) in [4.78, 5) is 10.1. The van der Waals surface area contributed by atoms with Crippen LogP contribution in [0.3, 0.4) is 0 Å². The van der Waals surface area contributed by atoms with E-state index >= 15 is 0 Å². The molecule has 6 nitrogen and oxygen atoms in total. The van der Waals surface area contributed by atoms with Gasteiger partial charge in [-0.25, -0.2) is 0 Å². The third-order valence-corrected chi connectivity index (χ3v) is 3.50. The van der Waals surface area contributed by atoms with Crippen LogP contribution < -0.4 is 0 Å². The number of nitro groups is 1. The van der Waals surface area contributed by atoms with Crippen molar-refractivity contribution in [3.05, 3.63) is 57.0 Å². The van der Waals surface area contributed by atoms with Crippen LogP contribution in [0.2, 0.25) is 0 Å². The van der Waals surface area contributed by atoms with E-state index < -0.39 is 40.1 Å². The first kappa shape index (κ1) is 16.9. The fourth-order valence-corrected chi connectivity index (χ4v) is 2.19. The Labute approximate surface area is 128 Å². The van der Waals surface area contributed by atoms with E-state index in [1.807, 2.05) is 0 Å². The summed E-state index contributed by atoms with van der Waals surface area (Å²) in [7, 11) is 0. The number of hydrogen-bond donors (Lipinski definition) is 1. The smallest absolute Gasteiger partial charge is 0.376 e. The normalized spacial score (nSPS) is 14.5. The molecule has 23 heavy (non-hydrogen) atoms. The van der Waals surface area contributed by atoms with Crippen molar-refractivity contribution in [3.8, 4) is 0 Å². The molecular formula is C14H13F3N2O4. The number of aliphatic hydroxyl groups is 1. The number of alkyl halides is 3. The highest BCUT2D eigenvalue weighted by molar-refractivity contribution is 5.40. The second-order valence-electron chi connectivity index (χ2n) is 5.20. The number of aromatic nitrogens is 1. The monoisotopic (exact) mass is 330 g/mol. The summed E-state index contributed by atoms with van der Waals surface area (Å²) >= 11 is 0. The van der Waals surface area contributed by atoms with Crippen molar-refractivity contribution >= 4 is 5.69 Å². The molecule has 0 aliphatic carbocycles. The Hall–Kier alpha value is -2.42. The zero-order valence-electron chi connectivity index (χ0n) is 12.2. The minimum atomic E-state index is -5.06. The molecular weight excluding hydrogens is 317 g/mol. The lowest BCUT2D eigenvalue weighted by atomic mass is 9.88. The third-order valence-electron chi connectivity index (χ3n) is 3.50. The molecule has 0 radical (unpaired) electrons. The van der Waals surface area contributed by atoms with Gasteiger partial charge in [-0.2, -0.15) is 13.2 Å². The first-order valence-electron chi connectivity index (χ1n) is 6.52. The second kappa shape index (κ2) is 5.65. The van der Waals surface area contributed by atoms with E-state index in [0.717, 1.165) is 12.1 Å². The Morgan fingerprint density at radius 1 is 1.26 bits per heavy atom. The van der Waals surface area contributed by atoms with Crippen LogP contribution in [0.15, 0.2) is 28.8 Å². The lowest BCUT2D eigenvalue weighted by molar-refractivity contribution is -0.387. The molecule has 1 aromatic carbocycles. The molecule has 0 saturated heterocycles. The molecule has 1 atom stereocenters. The summed E-state index contributed by atoms with van der Waals surface area (Å²) in [6.07, 6.45) is -6.20.